The van der Waals surface area contributed by atoms with E-state index < -0.39 is 5.82 Å². The number of hydrogen-bond acceptors (Lipinski definition) is 3. The zero-order valence-electron chi connectivity index (χ0n) is 10.9. The van der Waals surface area contributed by atoms with Crippen LogP contribution in [0.25, 0.3) is 0 Å². The first-order valence-electron chi connectivity index (χ1n) is 6.10. The maximum atomic E-state index is 13.0. The Hall–Kier alpha value is -1.46. The van der Waals surface area contributed by atoms with E-state index in [-0.39, 0.29) is 5.02 Å². The van der Waals surface area contributed by atoms with E-state index in [4.69, 9.17) is 11.6 Å². The Morgan fingerprint density at radius 1 is 1.42 bits per heavy atom. The Morgan fingerprint density at radius 3 is 2.89 bits per heavy atom. The molecule has 19 heavy (non-hydrogen) atoms. The Morgan fingerprint density at radius 2 is 2.21 bits per heavy atom. The molecule has 102 valence electrons. The minimum Gasteiger partial charge on any atom is -0.308 e. The van der Waals surface area contributed by atoms with Gasteiger partial charge in [0.2, 0.25) is 0 Å². The van der Waals surface area contributed by atoms with Gasteiger partial charge in [-0.05, 0) is 17.7 Å². The summed E-state index contributed by atoms with van der Waals surface area (Å²) in [5.74, 6) is 0.327. The highest BCUT2D eigenvalue weighted by atomic mass is 35.5. The molecule has 0 bridgehead atoms. The maximum absolute atomic E-state index is 13.0. The Kier molecular flexibility index (Phi) is 4.50. The van der Waals surface area contributed by atoms with Crippen molar-refractivity contribution in [3.05, 3.63) is 46.8 Å². The van der Waals surface area contributed by atoms with E-state index in [9.17, 15) is 4.39 Å². The van der Waals surface area contributed by atoms with Crippen molar-refractivity contribution in [3.8, 4) is 0 Å². The molecular weight excluding hydrogens is 267 g/mol. The zero-order chi connectivity index (χ0) is 13.8. The number of aromatic nitrogens is 3. The number of rotatable bonds is 5. The second-order valence-corrected chi connectivity index (χ2v) is 5.05. The van der Waals surface area contributed by atoms with E-state index in [2.05, 4.69) is 29.2 Å². The Bertz CT molecular complexity index is 553. The standard InChI is InChI=1S/C13H16ClFN4/c1-9(2)16-6-13-17-8-19(18-13)7-10-3-4-12(15)11(14)5-10/h3-5,8-9,16H,6-7H2,1-2H3. The molecule has 2 rings (SSSR count). The third-order valence-corrected chi connectivity index (χ3v) is 2.87. The second-order valence-electron chi connectivity index (χ2n) is 4.64. The Labute approximate surface area is 116 Å². The molecule has 0 saturated carbocycles. The number of nitrogens with zero attached hydrogens (tertiary/aromatic N) is 3. The number of halogens is 2. The molecule has 0 amide bonds. The average Bonchev–Trinajstić information content (AvgIpc) is 2.79. The largest absolute Gasteiger partial charge is 0.308 e. The summed E-state index contributed by atoms with van der Waals surface area (Å²) in [6.45, 7) is 5.29. The number of hydrogen-bond donors (Lipinski definition) is 1. The molecule has 0 fully saturated rings. The van der Waals surface area contributed by atoms with Crippen molar-refractivity contribution < 1.29 is 4.39 Å². The Balaban J connectivity index is 2.01. The van der Waals surface area contributed by atoms with Gasteiger partial charge in [-0.2, -0.15) is 5.10 Å². The molecule has 0 aliphatic carbocycles. The molecule has 1 aromatic carbocycles. The summed E-state index contributed by atoms with van der Waals surface area (Å²) in [5.41, 5.74) is 0.889. The van der Waals surface area contributed by atoms with Crippen LogP contribution in [0.15, 0.2) is 24.5 Å². The van der Waals surface area contributed by atoms with E-state index in [1.807, 2.05) is 0 Å². The van der Waals surface area contributed by atoms with Crippen LogP contribution >= 0.6 is 11.6 Å². The molecule has 0 saturated heterocycles. The van der Waals surface area contributed by atoms with Crippen molar-refractivity contribution in [3.63, 3.8) is 0 Å². The third kappa shape index (κ3) is 4.01. The lowest BCUT2D eigenvalue weighted by molar-refractivity contribution is 0.565. The van der Waals surface area contributed by atoms with Gasteiger partial charge in [-0.3, -0.25) is 0 Å². The van der Waals surface area contributed by atoms with Crippen LogP contribution in [-0.2, 0) is 13.1 Å². The summed E-state index contributed by atoms with van der Waals surface area (Å²) in [4.78, 5) is 4.21. The molecule has 1 aromatic heterocycles. The molecule has 2 aromatic rings. The molecule has 6 heteroatoms. The average molecular weight is 283 g/mol. The van der Waals surface area contributed by atoms with Gasteiger partial charge in [-0.15, -0.1) is 0 Å². The molecule has 1 heterocycles. The van der Waals surface area contributed by atoms with E-state index in [0.29, 0.717) is 19.1 Å². The van der Waals surface area contributed by atoms with Crippen molar-refractivity contribution >= 4 is 11.6 Å². The molecule has 0 unspecified atom stereocenters. The van der Waals surface area contributed by atoms with Gasteiger partial charge in [0, 0.05) is 6.04 Å². The van der Waals surface area contributed by atoms with Crippen molar-refractivity contribution in [2.45, 2.75) is 33.0 Å². The van der Waals surface area contributed by atoms with Gasteiger partial charge in [0.25, 0.3) is 0 Å². The number of benzene rings is 1. The predicted octanol–water partition coefficient (Wildman–Crippen LogP) is 2.62. The molecule has 0 spiro atoms. The van der Waals surface area contributed by atoms with E-state index in [0.717, 1.165) is 11.4 Å². The van der Waals surface area contributed by atoms with Crippen molar-refractivity contribution in [2.24, 2.45) is 0 Å². The summed E-state index contributed by atoms with van der Waals surface area (Å²) in [6.07, 6.45) is 1.66. The van der Waals surface area contributed by atoms with Crippen LogP contribution in [0, 0.1) is 5.82 Å². The lowest BCUT2D eigenvalue weighted by Gasteiger charge is -2.04. The maximum Gasteiger partial charge on any atom is 0.164 e. The zero-order valence-corrected chi connectivity index (χ0v) is 11.7. The molecule has 0 radical (unpaired) electrons. The van der Waals surface area contributed by atoms with Gasteiger partial charge in [0.15, 0.2) is 5.82 Å². The molecule has 4 nitrogen and oxygen atoms in total. The van der Waals surface area contributed by atoms with Crippen LogP contribution in [0.5, 0.6) is 0 Å². The predicted molar refractivity (Wildman–Crippen MR) is 72.5 cm³/mol. The highest BCUT2D eigenvalue weighted by Gasteiger charge is 2.05. The molecule has 0 atom stereocenters. The minimum atomic E-state index is -0.411. The van der Waals surface area contributed by atoms with Gasteiger partial charge in [-0.25, -0.2) is 14.1 Å². The van der Waals surface area contributed by atoms with Crippen molar-refractivity contribution in [2.75, 3.05) is 0 Å². The summed E-state index contributed by atoms with van der Waals surface area (Å²) >= 11 is 5.74. The van der Waals surface area contributed by atoms with Gasteiger partial charge in [0.05, 0.1) is 18.1 Å². The highest BCUT2D eigenvalue weighted by molar-refractivity contribution is 6.30. The van der Waals surface area contributed by atoms with Crippen LogP contribution in [0.1, 0.15) is 25.2 Å². The van der Waals surface area contributed by atoms with Crippen LogP contribution in [0.3, 0.4) is 0 Å². The fourth-order valence-electron chi connectivity index (χ4n) is 1.61. The smallest absolute Gasteiger partial charge is 0.164 e. The fraction of sp³-hybridized carbons (Fsp3) is 0.385. The summed E-state index contributed by atoms with van der Waals surface area (Å²) < 4.78 is 14.8. The van der Waals surface area contributed by atoms with Crippen molar-refractivity contribution in [1.29, 1.82) is 0 Å². The SMILES string of the molecule is CC(C)NCc1ncn(Cc2ccc(F)c(Cl)c2)n1. The summed E-state index contributed by atoms with van der Waals surface area (Å²) in [6, 6.07) is 5.04. The van der Waals surface area contributed by atoms with Gasteiger partial charge >= 0.3 is 0 Å². The molecular formula is C13H16ClFN4. The van der Waals surface area contributed by atoms with Crippen LogP contribution in [-0.4, -0.2) is 20.8 Å². The lowest BCUT2D eigenvalue weighted by atomic mass is 10.2. The lowest BCUT2D eigenvalue weighted by Crippen LogP contribution is -2.22. The van der Waals surface area contributed by atoms with Gasteiger partial charge < -0.3 is 5.32 Å². The van der Waals surface area contributed by atoms with E-state index >= 15 is 0 Å². The molecule has 1 N–H and O–H groups in total. The monoisotopic (exact) mass is 282 g/mol. The van der Waals surface area contributed by atoms with Crippen LogP contribution in [0.2, 0.25) is 5.02 Å². The fourth-order valence-corrected chi connectivity index (χ4v) is 1.81. The van der Waals surface area contributed by atoms with Gasteiger partial charge in [0.1, 0.15) is 12.1 Å². The van der Waals surface area contributed by atoms with Crippen LogP contribution < -0.4 is 5.32 Å². The molecule has 0 aliphatic heterocycles. The van der Waals surface area contributed by atoms with E-state index in [1.54, 1.807) is 23.1 Å². The summed E-state index contributed by atoms with van der Waals surface area (Å²) in [7, 11) is 0. The first kappa shape index (κ1) is 14.0. The van der Waals surface area contributed by atoms with Crippen LogP contribution in [0.4, 0.5) is 4.39 Å². The summed E-state index contributed by atoms with van der Waals surface area (Å²) in [5, 5.41) is 7.71. The first-order valence-corrected chi connectivity index (χ1v) is 6.48. The topological polar surface area (TPSA) is 42.7 Å². The third-order valence-electron chi connectivity index (χ3n) is 2.58. The highest BCUT2D eigenvalue weighted by Crippen LogP contribution is 2.16. The van der Waals surface area contributed by atoms with Crippen molar-refractivity contribution in [1.82, 2.24) is 20.1 Å². The minimum absolute atomic E-state index is 0.124. The number of nitrogens with one attached hydrogen (secondary N) is 1. The molecule has 0 aliphatic rings. The first-order chi connectivity index (χ1) is 9.04. The van der Waals surface area contributed by atoms with Gasteiger partial charge in [-0.1, -0.05) is 31.5 Å². The second kappa shape index (κ2) is 6.12. The van der Waals surface area contributed by atoms with E-state index in [1.165, 1.54) is 6.07 Å². The normalized spacial score (nSPS) is 11.2. The quantitative estimate of drug-likeness (QED) is 0.917.